The van der Waals surface area contributed by atoms with E-state index in [0.29, 0.717) is 29.4 Å². The van der Waals surface area contributed by atoms with Crippen LogP contribution in [0.15, 0.2) is 66.7 Å². The highest BCUT2D eigenvalue weighted by molar-refractivity contribution is 7.19. The highest BCUT2D eigenvalue weighted by Gasteiger charge is 2.32. The van der Waals surface area contributed by atoms with Crippen LogP contribution in [0.25, 0.3) is 10.6 Å². The third-order valence-corrected chi connectivity index (χ3v) is 8.06. The Morgan fingerprint density at radius 3 is 2.14 bits per heavy atom. The molecule has 0 aliphatic heterocycles. The Bertz CT molecular complexity index is 1550. The Kier molecular flexibility index (Phi) is 9.69. The van der Waals surface area contributed by atoms with Gasteiger partial charge in [-0.3, -0.25) is 0 Å². The number of esters is 1. The lowest BCUT2D eigenvalue weighted by molar-refractivity contribution is -0.158. The van der Waals surface area contributed by atoms with Crippen LogP contribution < -0.4 is 14.4 Å². The van der Waals surface area contributed by atoms with Gasteiger partial charge in [0.15, 0.2) is 5.60 Å². The Balaban J connectivity index is 1.64. The number of carbonyl (C=O) groups excluding carboxylic acids is 1. The SMILES string of the molecule is CCOC(=O)C(C)(C)Oc1ccc(CN(Cc2ccc(OC)cc2)c2sc(-c3ccc(C(F)(F)F)cc3)nc2C)cc1C. The molecule has 0 N–H and O–H groups in total. The predicted octanol–water partition coefficient (Wildman–Crippen LogP) is 8.38. The van der Waals surface area contributed by atoms with Gasteiger partial charge < -0.3 is 19.1 Å². The number of aromatic nitrogens is 1. The molecule has 0 aliphatic carbocycles. The van der Waals surface area contributed by atoms with Crippen molar-refractivity contribution in [2.24, 2.45) is 0 Å². The molecule has 4 rings (SSSR count). The summed E-state index contributed by atoms with van der Waals surface area (Å²) in [6.07, 6.45) is -4.40. The molecule has 0 saturated carbocycles. The second-order valence-corrected chi connectivity index (χ2v) is 11.6. The van der Waals surface area contributed by atoms with Gasteiger partial charge in [0.05, 0.1) is 25.0 Å². The lowest BCUT2D eigenvalue weighted by Gasteiger charge is -2.26. The number of thiazole rings is 1. The number of hydrogen-bond donors (Lipinski definition) is 0. The van der Waals surface area contributed by atoms with Crippen LogP contribution in [0, 0.1) is 13.8 Å². The van der Waals surface area contributed by atoms with E-state index < -0.39 is 23.3 Å². The molecule has 10 heteroatoms. The summed E-state index contributed by atoms with van der Waals surface area (Å²) in [5.74, 6) is 0.904. The molecule has 1 heterocycles. The highest BCUT2D eigenvalue weighted by atomic mass is 32.1. The molecular weight excluding hydrogens is 577 g/mol. The summed E-state index contributed by atoms with van der Waals surface area (Å²) in [5.41, 5.74) is 2.50. The van der Waals surface area contributed by atoms with Gasteiger partial charge in [-0.25, -0.2) is 9.78 Å². The summed E-state index contributed by atoms with van der Waals surface area (Å²) < 4.78 is 55.8. The lowest BCUT2D eigenvalue weighted by atomic mass is 10.1. The number of rotatable bonds is 11. The average Bonchev–Trinajstić information content (AvgIpc) is 3.35. The maximum Gasteiger partial charge on any atom is 0.416 e. The van der Waals surface area contributed by atoms with Crippen molar-refractivity contribution in [3.8, 4) is 22.1 Å². The molecule has 0 fully saturated rings. The predicted molar refractivity (Wildman–Crippen MR) is 163 cm³/mol. The number of anilines is 1. The van der Waals surface area contributed by atoms with E-state index in [4.69, 9.17) is 19.2 Å². The normalized spacial score (nSPS) is 11.7. The summed E-state index contributed by atoms with van der Waals surface area (Å²) >= 11 is 1.44. The molecular formula is C33H35F3N2O4S. The fraction of sp³-hybridized carbons (Fsp3) is 0.333. The van der Waals surface area contributed by atoms with E-state index in [0.717, 1.165) is 45.3 Å². The maximum absolute atomic E-state index is 13.1. The van der Waals surface area contributed by atoms with Gasteiger partial charge in [0.1, 0.15) is 21.5 Å². The van der Waals surface area contributed by atoms with Gasteiger partial charge in [-0.2, -0.15) is 13.2 Å². The van der Waals surface area contributed by atoms with E-state index in [-0.39, 0.29) is 6.61 Å². The molecule has 0 saturated heterocycles. The fourth-order valence-electron chi connectivity index (χ4n) is 4.52. The smallest absolute Gasteiger partial charge is 0.416 e. The van der Waals surface area contributed by atoms with Gasteiger partial charge in [0, 0.05) is 18.7 Å². The largest absolute Gasteiger partial charge is 0.497 e. The fourth-order valence-corrected chi connectivity index (χ4v) is 5.60. The van der Waals surface area contributed by atoms with E-state index in [1.807, 2.05) is 56.3 Å². The number of halogens is 3. The topological polar surface area (TPSA) is 60.9 Å². The average molecular weight is 613 g/mol. The number of carbonyl (C=O) groups is 1. The number of nitrogens with zero attached hydrogens (tertiary/aromatic N) is 2. The molecule has 0 aliphatic rings. The molecule has 0 bridgehead atoms. The van der Waals surface area contributed by atoms with E-state index >= 15 is 0 Å². The van der Waals surface area contributed by atoms with Gasteiger partial charge in [0.25, 0.3) is 0 Å². The lowest BCUT2D eigenvalue weighted by Crippen LogP contribution is -2.39. The van der Waals surface area contributed by atoms with Crippen molar-refractivity contribution in [2.75, 3.05) is 18.6 Å². The number of methoxy groups -OCH3 is 1. The molecule has 3 aromatic carbocycles. The molecule has 6 nitrogen and oxygen atoms in total. The minimum absolute atomic E-state index is 0.269. The first-order chi connectivity index (χ1) is 20.3. The van der Waals surface area contributed by atoms with Gasteiger partial charge in [-0.1, -0.05) is 47.7 Å². The molecule has 0 amide bonds. The highest BCUT2D eigenvalue weighted by Crippen LogP contribution is 2.38. The second-order valence-electron chi connectivity index (χ2n) is 10.6. The molecule has 0 radical (unpaired) electrons. The standard InChI is InChI=1S/C33H35F3N2O4S/c1-7-41-31(39)32(4,5)42-28-17-10-24(18-21(28)2)20-38(19-23-8-15-27(40-6)16-9-23)30-22(3)37-29(43-30)25-11-13-26(14-12-25)33(34,35)36/h8-18H,7,19-20H2,1-6H3. The molecule has 0 spiro atoms. The van der Waals surface area contributed by atoms with Crippen molar-refractivity contribution in [2.45, 2.75) is 59.5 Å². The minimum atomic E-state index is -4.40. The van der Waals surface area contributed by atoms with Gasteiger partial charge >= 0.3 is 12.1 Å². The van der Waals surface area contributed by atoms with Crippen LogP contribution in [-0.2, 0) is 28.8 Å². The Morgan fingerprint density at radius 1 is 0.930 bits per heavy atom. The minimum Gasteiger partial charge on any atom is -0.497 e. The van der Waals surface area contributed by atoms with E-state index in [2.05, 4.69) is 4.90 Å². The third-order valence-electron chi connectivity index (χ3n) is 6.80. The van der Waals surface area contributed by atoms with Crippen LogP contribution in [-0.4, -0.2) is 30.3 Å². The molecule has 0 unspecified atom stereocenters. The van der Waals surface area contributed by atoms with Crippen molar-refractivity contribution >= 4 is 22.3 Å². The van der Waals surface area contributed by atoms with Crippen molar-refractivity contribution in [1.82, 2.24) is 4.98 Å². The molecule has 228 valence electrons. The summed E-state index contributed by atoms with van der Waals surface area (Å²) in [7, 11) is 1.62. The summed E-state index contributed by atoms with van der Waals surface area (Å²) in [5, 5.41) is 1.55. The van der Waals surface area contributed by atoms with Crippen LogP contribution in [0.4, 0.5) is 18.2 Å². The number of hydrogen-bond acceptors (Lipinski definition) is 7. The number of alkyl halides is 3. The molecule has 0 atom stereocenters. The van der Waals surface area contributed by atoms with Crippen molar-refractivity contribution < 1.29 is 32.2 Å². The van der Waals surface area contributed by atoms with Crippen LogP contribution >= 0.6 is 11.3 Å². The first-order valence-electron chi connectivity index (χ1n) is 13.8. The van der Waals surface area contributed by atoms with E-state index in [1.54, 1.807) is 27.9 Å². The molecule has 1 aromatic heterocycles. The molecule has 4 aromatic rings. The molecule has 43 heavy (non-hydrogen) atoms. The van der Waals surface area contributed by atoms with Crippen LogP contribution in [0.3, 0.4) is 0 Å². The first kappa shape index (κ1) is 31.9. The first-order valence-corrected chi connectivity index (χ1v) is 14.6. The summed E-state index contributed by atoms with van der Waals surface area (Å²) in [4.78, 5) is 19.3. The number of benzene rings is 3. The van der Waals surface area contributed by atoms with Crippen molar-refractivity contribution in [1.29, 1.82) is 0 Å². The zero-order valence-electron chi connectivity index (χ0n) is 25.0. The van der Waals surface area contributed by atoms with Crippen LogP contribution in [0.2, 0.25) is 0 Å². The number of ether oxygens (including phenoxy) is 3. The number of aryl methyl sites for hydroxylation is 2. The van der Waals surface area contributed by atoms with Crippen LogP contribution in [0.5, 0.6) is 11.5 Å². The van der Waals surface area contributed by atoms with E-state index in [1.165, 1.54) is 23.5 Å². The third kappa shape index (κ3) is 7.87. The summed E-state index contributed by atoms with van der Waals surface area (Å²) in [6, 6.07) is 18.7. The van der Waals surface area contributed by atoms with Gasteiger partial charge in [-0.05, 0) is 81.6 Å². The van der Waals surface area contributed by atoms with Crippen molar-refractivity contribution in [3.63, 3.8) is 0 Å². The Labute approximate surface area is 254 Å². The van der Waals surface area contributed by atoms with E-state index in [9.17, 15) is 18.0 Å². The second kappa shape index (κ2) is 13.1. The Morgan fingerprint density at radius 2 is 1.56 bits per heavy atom. The van der Waals surface area contributed by atoms with Gasteiger partial charge in [-0.15, -0.1) is 0 Å². The monoisotopic (exact) mass is 612 g/mol. The maximum atomic E-state index is 13.1. The van der Waals surface area contributed by atoms with Crippen molar-refractivity contribution in [3.05, 3.63) is 94.7 Å². The van der Waals surface area contributed by atoms with Gasteiger partial charge in [0.2, 0.25) is 0 Å². The zero-order valence-corrected chi connectivity index (χ0v) is 25.9. The zero-order chi connectivity index (χ0) is 31.4. The Hall–Kier alpha value is -4.05. The quantitative estimate of drug-likeness (QED) is 0.159. The van der Waals surface area contributed by atoms with Crippen LogP contribution in [0.1, 0.15) is 48.7 Å². The summed E-state index contributed by atoms with van der Waals surface area (Å²) in [6.45, 7) is 10.3.